The van der Waals surface area contributed by atoms with Crippen LogP contribution in [0.5, 0.6) is 0 Å². The minimum absolute atomic E-state index is 0.0415. The number of nitrogens with zero attached hydrogens (tertiary/aromatic N) is 2. The van der Waals surface area contributed by atoms with Gasteiger partial charge in [-0.1, -0.05) is 25.8 Å². The van der Waals surface area contributed by atoms with Gasteiger partial charge in [-0.2, -0.15) is 0 Å². The lowest BCUT2D eigenvalue weighted by molar-refractivity contribution is 0.209. The van der Waals surface area contributed by atoms with Crippen LogP contribution in [0, 0.1) is 6.92 Å². The van der Waals surface area contributed by atoms with Gasteiger partial charge >= 0.3 is 0 Å². The average Bonchev–Trinajstić information content (AvgIpc) is 2.75. The SMILES string of the molecule is CCN(Cc1cccc(C)n1)CC1(N)CCCC1. The lowest BCUT2D eigenvalue weighted by Crippen LogP contribution is -2.47. The highest BCUT2D eigenvalue weighted by Gasteiger charge is 2.30. The molecule has 1 heterocycles. The first-order valence-electron chi connectivity index (χ1n) is 7.05. The Morgan fingerprint density at radius 1 is 1.33 bits per heavy atom. The Kier molecular flexibility index (Phi) is 4.36. The van der Waals surface area contributed by atoms with Crippen molar-refractivity contribution in [2.24, 2.45) is 5.73 Å². The highest BCUT2D eigenvalue weighted by atomic mass is 15.1. The Bertz CT molecular complexity index is 383. The highest BCUT2D eigenvalue weighted by molar-refractivity contribution is 5.10. The second-order valence-electron chi connectivity index (χ2n) is 5.64. The van der Waals surface area contributed by atoms with Crippen LogP contribution in [0.4, 0.5) is 0 Å². The first kappa shape index (κ1) is 13.5. The van der Waals surface area contributed by atoms with Crippen molar-refractivity contribution >= 4 is 0 Å². The van der Waals surface area contributed by atoms with E-state index >= 15 is 0 Å². The zero-order valence-corrected chi connectivity index (χ0v) is 11.7. The zero-order chi connectivity index (χ0) is 13.0. The van der Waals surface area contributed by atoms with Crippen LogP contribution in [0.1, 0.15) is 44.0 Å². The molecule has 0 bridgehead atoms. The molecule has 0 saturated heterocycles. The molecule has 3 heteroatoms. The average molecular weight is 247 g/mol. The van der Waals surface area contributed by atoms with Gasteiger partial charge in [0, 0.05) is 24.3 Å². The van der Waals surface area contributed by atoms with E-state index in [1.165, 1.54) is 25.7 Å². The third-order valence-electron chi connectivity index (χ3n) is 3.92. The monoisotopic (exact) mass is 247 g/mol. The van der Waals surface area contributed by atoms with Crippen LogP contribution >= 0.6 is 0 Å². The molecule has 2 N–H and O–H groups in total. The number of nitrogens with two attached hydrogens (primary N) is 1. The summed E-state index contributed by atoms with van der Waals surface area (Å²) in [6.45, 7) is 7.19. The number of rotatable bonds is 5. The number of hydrogen-bond acceptors (Lipinski definition) is 3. The van der Waals surface area contributed by atoms with E-state index in [4.69, 9.17) is 5.73 Å². The topological polar surface area (TPSA) is 42.2 Å². The summed E-state index contributed by atoms with van der Waals surface area (Å²) in [7, 11) is 0. The molecule has 18 heavy (non-hydrogen) atoms. The minimum atomic E-state index is 0.0415. The lowest BCUT2D eigenvalue weighted by Gasteiger charge is -2.31. The van der Waals surface area contributed by atoms with E-state index in [1.807, 2.05) is 13.0 Å². The molecule has 1 aromatic heterocycles. The quantitative estimate of drug-likeness (QED) is 0.869. The summed E-state index contributed by atoms with van der Waals surface area (Å²) in [5, 5.41) is 0. The molecular formula is C15H25N3. The zero-order valence-electron chi connectivity index (χ0n) is 11.7. The molecule has 1 fully saturated rings. The fourth-order valence-corrected chi connectivity index (χ4v) is 2.88. The van der Waals surface area contributed by atoms with Crippen LogP contribution in [-0.4, -0.2) is 28.5 Å². The van der Waals surface area contributed by atoms with Gasteiger partial charge in [0.1, 0.15) is 0 Å². The maximum Gasteiger partial charge on any atom is 0.0547 e. The molecule has 0 aromatic carbocycles. The fourth-order valence-electron chi connectivity index (χ4n) is 2.88. The molecule has 100 valence electrons. The Labute approximate surface area is 110 Å². The smallest absolute Gasteiger partial charge is 0.0547 e. The van der Waals surface area contributed by atoms with E-state index in [9.17, 15) is 0 Å². The van der Waals surface area contributed by atoms with Crippen molar-refractivity contribution in [2.45, 2.75) is 51.6 Å². The van der Waals surface area contributed by atoms with Gasteiger partial charge in [-0.25, -0.2) is 0 Å². The van der Waals surface area contributed by atoms with Gasteiger partial charge in [0.15, 0.2) is 0 Å². The van der Waals surface area contributed by atoms with E-state index in [2.05, 4.69) is 28.9 Å². The van der Waals surface area contributed by atoms with Gasteiger partial charge in [-0.3, -0.25) is 9.88 Å². The summed E-state index contributed by atoms with van der Waals surface area (Å²) in [6.07, 6.45) is 4.92. The van der Waals surface area contributed by atoms with Crippen molar-refractivity contribution < 1.29 is 0 Å². The van der Waals surface area contributed by atoms with E-state index in [0.29, 0.717) is 0 Å². The van der Waals surface area contributed by atoms with Crippen LogP contribution in [0.3, 0.4) is 0 Å². The van der Waals surface area contributed by atoms with Crippen molar-refractivity contribution in [3.05, 3.63) is 29.6 Å². The molecule has 0 radical (unpaired) electrons. The molecule has 1 aliphatic rings. The first-order valence-corrected chi connectivity index (χ1v) is 7.05. The van der Waals surface area contributed by atoms with Crippen LogP contribution < -0.4 is 5.73 Å². The molecule has 0 spiro atoms. The maximum atomic E-state index is 6.46. The summed E-state index contributed by atoms with van der Waals surface area (Å²) < 4.78 is 0. The largest absolute Gasteiger partial charge is 0.324 e. The van der Waals surface area contributed by atoms with E-state index in [1.54, 1.807) is 0 Å². The fraction of sp³-hybridized carbons (Fsp3) is 0.667. The molecule has 1 saturated carbocycles. The summed E-state index contributed by atoms with van der Waals surface area (Å²) in [5.41, 5.74) is 8.74. The molecule has 0 amide bonds. The number of pyridine rings is 1. The van der Waals surface area contributed by atoms with Gasteiger partial charge in [0.2, 0.25) is 0 Å². The normalized spacial score (nSPS) is 18.4. The van der Waals surface area contributed by atoms with Gasteiger partial charge in [0.05, 0.1) is 5.69 Å². The number of likely N-dealkylation sites (N-methyl/N-ethyl adjacent to an activating group) is 1. The molecule has 1 aromatic rings. The third-order valence-corrected chi connectivity index (χ3v) is 3.92. The summed E-state index contributed by atoms with van der Waals surface area (Å²) in [6, 6.07) is 6.23. The molecule has 3 nitrogen and oxygen atoms in total. The van der Waals surface area contributed by atoms with Gasteiger partial charge in [-0.05, 0) is 38.4 Å². The highest BCUT2D eigenvalue weighted by Crippen LogP contribution is 2.28. The Hall–Kier alpha value is -0.930. The Balaban J connectivity index is 1.97. The second kappa shape index (κ2) is 5.81. The van der Waals surface area contributed by atoms with Crippen molar-refractivity contribution in [1.29, 1.82) is 0 Å². The minimum Gasteiger partial charge on any atom is -0.324 e. The van der Waals surface area contributed by atoms with Crippen LogP contribution in [0.25, 0.3) is 0 Å². The number of aromatic nitrogens is 1. The van der Waals surface area contributed by atoms with Crippen molar-refractivity contribution in [3.63, 3.8) is 0 Å². The summed E-state index contributed by atoms with van der Waals surface area (Å²) in [5.74, 6) is 0. The van der Waals surface area contributed by atoms with Crippen LogP contribution in [-0.2, 0) is 6.54 Å². The van der Waals surface area contributed by atoms with Crippen molar-refractivity contribution in [2.75, 3.05) is 13.1 Å². The maximum absolute atomic E-state index is 6.46. The van der Waals surface area contributed by atoms with Crippen LogP contribution in [0.15, 0.2) is 18.2 Å². The molecule has 0 atom stereocenters. The van der Waals surface area contributed by atoms with Crippen molar-refractivity contribution in [1.82, 2.24) is 9.88 Å². The first-order chi connectivity index (χ1) is 8.61. The molecule has 2 rings (SSSR count). The summed E-state index contributed by atoms with van der Waals surface area (Å²) in [4.78, 5) is 7.00. The molecule has 0 aliphatic heterocycles. The van der Waals surface area contributed by atoms with Gasteiger partial charge in [-0.15, -0.1) is 0 Å². The van der Waals surface area contributed by atoms with E-state index in [0.717, 1.165) is 31.0 Å². The standard InChI is InChI=1S/C15H25N3/c1-3-18(12-15(16)9-4-5-10-15)11-14-8-6-7-13(2)17-14/h6-8H,3-5,9-12,16H2,1-2H3. The lowest BCUT2D eigenvalue weighted by atomic mass is 9.98. The second-order valence-corrected chi connectivity index (χ2v) is 5.64. The van der Waals surface area contributed by atoms with Gasteiger partial charge < -0.3 is 5.73 Å². The van der Waals surface area contributed by atoms with E-state index < -0.39 is 0 Å². The molecule has 0 unspecified atom stereocenters. The van der Waals surface area contributed by atoms with Gasteiger partial charge in [0.25, 0.3) is 0 Å². The Morgan fingerprint density at radius 2 is 2.06 bits per heavy atom. The predicted octanol–water partition coefficient (Wildman–Crippen LogP) is 2.48. The Morgan fingerprint density at radius 3 is 2.67 bits per heavy atom. The summed E-state index contributed by atoms with van der Waals surface area (Å²) >= 11 is 0. The van der Waals surface area contributed by atoms with Crippen LogP contribution in [0.2, 0.25) is 0 Å². The molecular weight excluding hydrogens is 222 g/mol. The molecule has 1 aliphatic carbocycles. The number of hydrogen-bond donors (Lipinski definition) is 1. The predicted molar refractivity (Wildman–Crippen MR) is 75.3 cm³/mol. The number of aryl methyl sites for hydroxylation is 1. The van der Waals surface area contributed by atoms with E-state index in [-0.39, 0.29) is 5.54 Å². The van der Waals surface area contributed by atoms with Crippen molar-refractivity contribution in [3.8, 4) is 0 Å². The third kappa shape index (κ3) is 3.53.